The molecule has 0 aliphatic heterocycles. The fourth-order valence-corrected chi connectivity index (χ4v) is 1.60. The minimum atomic E-state index is 0.537. The molecule has 0 radical (unpaired) electrons. The summed E-state index contributed by atoms with van der Waals surface area (Å²) in [5.41, 5.74) is 0. The average Bonchev–Trinajstić information content (AvgIpc) is 2.72. The molecule has 0 amide bonds. The quantitative estimate of drug-likeness (QED) is 0.774. The summed E-state index contributed by atoms with van der Waals surface area (Å²) in [4.78, 5) is 1.04. The molecule has 1 heterocycles. The van der Waals surface area contributed by atoms with E-state index in [0.717, 1.165) is 10.6 Å². The van der Waals surface area contributed by atoms with E-state index < -0.39 is 0 Å². The van der Waals surface area contributed by atoms with Crippen molar-refractivity contribution in [3.63, 3.8) is 0 Å². The van der Waals surface area contributed by atoms with Crippen molar-refractivity contribution in [3.8, 4) is 5.75 Å². The summed E-state index contributed by atoms with van der Waals surface area (Å²) in [7, 11) is 1.64. The number of ether oxygens (including phenoxy) is 1. The molecule has 5 heteroatoms. The van der Waals surface area contributed by atoms with E-state index in [-0.39, 0.29) is 0 Å². The normalized spacial score (nSPS) is 10.1. The maximum Gasteiger partial charge on any atom is 0.281 e. The van der Waals surface area contributed by atoms with Crippen LogP contribution in [0.4, 0.5) is 0 Å². The van der Waals surface area contributed by atoms with Crippen molar-refractivity contribution >= 4 is 11.8 Å². The minimum Gasteiger partial charge on any atom is -0.497 e. The molecular weight excluding hydrogens is 200 g/mol. The van der Waals surface area contributed by atoms with Gasteiger partial charge in [-0.2, -0.15) is 0 Å². The smallest absolute Gasteiger partial charge is 0.281 e. The van der Waals surface area contributed by atoms with Gasteiger partial charge in [-0.25, -0.2) is 0 Å². The van der Waals surface area contributed by atoms with Gasteiger partial charge in [0.1, 0.15) is 5.75 Å². The highest BCUT2D eigenvalue weighted by Crippen LogP contribution is 2.26. The van der Waals surface area contributed by atoms with Gasteiger partial charge in [-0.3, -0.25) is 0 Å². The van der Waals surface area contributed by atoms with E-state index in [0.29, 0.717) is 5.22 Å². The standard InChI is InChI=1S/C9H8N2O2S/c1-12-7-2-4-8(5-3-7)14-9-11-10-6-13-9/h2-6H,1H3. The van der Waals surface area contributed by atoms with Crippen molar-refractivity contribution < 1.29 is 9.15 Å². The van der Waals surface area contributed by atoms with Crippen molar-refractivity contribution in [3.05, 3.63) is 30.7 Å². The lowest BCUT2D eigenvalue weighted by Crippen LogP contribution is -1.81. The lowest BCUT2D eigenvalue weighted by atomic mass is 10.3. The number of rotatable bonds is 3. The number of benzene rings is 1. The van der Waals surface area contributed by atoms with Crippen LogP contribution in [0.2, 0.25) is 0 Å². The summed E-state index contributed by atoms with van der Waals surface area (Å²) in [6, 6.07) is 7.65. The Hall–Kier alpha value is -1.49. The molecule has 0 atom stereocenters. The molecule has 0 fully saturated rings. The molecule has 1 aromatic heterocycles. The van der Waals surface area contributed by atoms with E-state index in [1.54, 1.807) is 7.11 Å². The second-order valence-electron chi connectivity index (χ2n) is 2.48. The van der Waals surface area contributed by atoms with E-state index in [4.69, 9.17) is 9.15 Å². The van der Waals surface area contributed by atoms with Gasteiger partial charge in [-0.15, -0.1) is 10.2 Å². The summed E-state index contributed by atoms with van der Waals surface area (Å²) < 4.78 is 10.0. The average molecular weight is 208 g/mol. The highest BCUT2D eigenvalue weighted by molar-refractivity contribution is 7.99. The van der Waals surface area contributed by atoms with Crippen LogP contribution in [-0.4, -0.2) is 17.3 Å². The first-order valence-corrected chi connectivity index (χ1v) is 4.78. The summed E-state index contributed by atoms with van der Waals surface area (Å²) in [5, 5.41) is 7.90. The van der Waals surface area contributed by atoms with Gasteiger partial charge in [-0.05, 0) is 36.0 Å². The Kier molecular flexibility index (Phi) is 2.69. The Morgan fingerprint density at radius 3 is 2.64 bits per heavy atom. The van der Waals surface area contributed by atoms with Crippen LogP contribution in [0.25, 0.3) is 0 Å². The first-order chi connectivity index (χ1) is 6.88. The number of methoxy groups -OCH3 is 1. The molecule has 0 spiro atoms. The SMILES string of the molecule is COc1ccc(Sc2nnco2)cc1. The van der Waals surface area contributed by atoms with Gasteiger partial charge in [-0.1, -0.05) is 0 Å². The molecule has 72 valence electrons. The third kappa shape index (κ3) is 2.05. The van der Waals surface area contributed by atoms with Crippen molar-refractivity contribution in [2.75, 3.05) is 7.11 Å². The molecule has 0 saturated heterocycles. The number of hydrogen-bond donors (Lipinski definition) is 0. The van der Waals surface area contributed by atoms with Gasteiger partial charge in [0.25, 0.3) is 5.22 Å². The van der Waals surface area contributed by atoms with Crippen molar-refractivity contribution in [2.45, 2.75) is 10.1 Å². The Bertz CT molecular complexity index is 386. The van der Waals surface area contributed by atoms with Gasteiger partial charge < -0.3 is 9.15 Å². The largest absolute Gasteiger partial charge is 0.497 e. The maximum absolute atomic E-state index is 5.04. The molecule has 4 nitrogen and oxygen atoms in total. The van der Waals surface area contributed by atoms with Gasteiger partial charge >= 0.3 is 0 Å². The third-order valence-corrected chi connectivity index (χ3v) is 2.47. The van der Waals surface area contributed by atoms with Crippen LogP contribution in [0, 0.1) is 0 Å². The fraction of sp³-hybridized carbons (Fsp3) is 0.111. The van der Waals surface area contributed by atoms with E-state index in [1.807, 2.05) is 24.3 Å². The van der Waals surface area contributed by atoms with Crippen LogP contribution in [0.5, 0.6) is 5.75 Å². The molecule has 0 aliphatic rings. The van der Waals surface area contributed by atoms with E-state index >= 15 is 0 Å². The Balaban J connectivity index is 2.10. The van der Waals surface area contributed by atoms with Crippen molar-refractivity contribution in [2.24, 2.45) is 0 Å². The molecule has 2 aromatic rings. The van der Waals surface area contributed by atoms with Gasteiger partial charge in [0.05, 0.1) is 7.11 Å². The lowest BCUT2D eigenvalue weighted by molar-refractivity contribution is 0.414. The minimum absolute atomic E-state index is 0.537. The Morgan fingerprint density at radius 1 is 1.29 bits per heavy atom. The van der Waals surface area contributed by atoms with Crippen LogP contribution in [-0.2, 0) is 0 Å². The monoisotopic (exact) mass is 208 g/mol. The first-order valence-electron chi connectivity index (χ1n) is 3.96. The predicted molar refractivity (Wildman–Crippen MR) is 51.4 cm³/mol. The van der Waals surface area contributed by atoms with E-state index in [9.17, 15) is 0 Å². The van der Waals surface area contributed by atoms with Crippen LogP contribution in [0.1, 0.15) is 0 Å². The lowest BCUT2D eigenvalue weighted by Gasteiger charge is -1.99. The molecule has 0 unspecified atom stereocenters. The molecule has 2 rings (SSSR count). The Morgan fingerprint density at radius 2 is 2.07 bits per heavy atom. The highest BCUT2D eigenvalue weighted by Gasteiger charge is 2.01. The van der Waals surface area contributed by atoms with Crippen LogP contribution >= 0.6 is 11.8 Å². The second-order valence-corrected chi connectivity index (χ2v) is 3.51. The maximum atomic E-state index is 5.04. The summed E-state index contributed by atoms with van der Waals surface area (Å²) in [6.45, 7) is 0. The highest BCUT2D eigenvalue weighted by atomic mass is 32.2. The van der Waals surface area contributed by atoms with Crippen LogP contribution < -0.4 is 4.74 Å². The van der Waals surface area contributed by atoms with Crippen molar-refractivity contribution in [1.29, 1.82) is 0 Å². The third-order valence-electron chi connectivity index (χ3n) is 1.60. The van der Waals surface area contributed by atoms with Crippen LogP contribution in [0.3, 0.4) is 0 Å². The molecule has 0 N–H and O–H groups in total. The topological polar surface area (TPSA) is 48.2 Å². The molecule has 0 bridgehead atoms. The molecule has 1 aromatic carbocycles. The first kappa shape index (κ1) is 9.08. The molecular formula is C9H8N2O2S. The summed E-state index contributed by atoms with van der Waals surface area (Å²) >= 11 is 1.42. The van der Waals surface area contributed by atoms with E-state index in [1.165, 1.54) is 18.2 Å². The van der Waals surface area contributed by atoms with Gasteiger partial charge in [0.15, 0.2) is 0 Å². The Labute approximate surface area is 85.3 Å². The fourth-order valence-electron chi connectivity index (χ4n) is 0.952. The zero-order valence-corrected chi connectivity index (χ0v) is 8.32. The van der Waals surface area contributed by atoms with Gasteiger partial charge in [0, 0.05) is 4.90 Å². The number of aromatic nitrogens is 2. The molecule has 0 saturated carbocycles. The summed E-state index contributed by atoms with van der Waals surface area (Å²) in [5.74, 6) is 0.833. The summed E-state index contributed by atoms with van der Waals surface area (Å²) in [6.07, 6.45) is 1.31. The zero-order valence-electron chi connectivity index (χ0n) is 7.51. The number of nitrogens with zero attached hydrogens (tertiary/aromatic N) is 2. The molecule has 0 aliphatic carbocycles. The predicted octanol–water partition coefficient (Wildman–Crippen LogP) is 2.23. The number of hydrogen-bond acceptors (Lipinski definition) is 5. The zero-order chi connectivity index (χ0) is 9.80. The van der Waals surface area contributed by atoms with Crippen molar-refractivity contribution in [1.82, 2.24) is 10.2 Å². The van der Waals surface area contributed by atoms with E-state index in [2.05, 4.69) is 10.2 Å². The van der Waals surface area contributed by atoms with Gasteiger partial charge in [0.2, 0.25) is 6.39 Å². The molecule has 14 heavy (non-hydrogen) atoms. The van der Waals surface area contributed by atoms with Crippen LogP contribution in [0.15, 0.2) is 45.2 Å². The second kappa shape index (κ2) is 4.15.